The summed E-state index contributed by atoms with van der Waals surface area (Å²) >= 11 is 0. The molecule has 0 rings (SSSR count). The van der Waals surface area contributed by atoms with Crippen molar-refractivity contribution in [1.29, 1.82) is 0 Å². The third-order valence-electron chi connectivity index (χ3n) is 0. The second kappa shape index (κ2) is 97700. The molecule has 3 N–H and O–H groups in total. The standard InChI is InChI=1S/3CH4O.7CH4/c3*1-2;;;;;;;/h3*2H,1H3;7*1H4. The van der Waals surface area contributed by atoms with Gasteiger partial charge in [-0.15, -0.1) is 0 Å². The number of hydrogen-bond acceptors (Lipinski definition) is 3. The Labute approximate surface area is 89.5 Å². The Morgan fingerprint density at radius 2 is 0.308 bits per heavy atom. The molecule has 0 aromatic carbocycles. The van der Waals surface area contributed by atoms with Crippen molar-refractivity contribution in [2.75, 3.05) is 21.3 Å². The van der Waals surface area contributed by atoms with Gasteiger partial charge in [0.15, 0.2) is 0 Å². The molecule has 0 saturated carbocycles. The molecule has 98 valence electrons. The van der Waals surface area contributed by atoms with Crippen LogP contribution in [0.15, 0.2) is 0 Å². The summed E-state index contributed by atoms with van der Waals surface area (Å²) in [5.41, 5.74) is 0. The van der Waals surface area contributed by atoms with E-state index in [1.807, 2.05) is 0 Å². The Kier molecular flexibility index (Phi) is 1650000. The molecule has 0 radical (unpaired) electrons. The van der Waals surface area contributed by atoms with Gasteiger partial charge in [0.2, 0.25) is 0 Å². The van der Waals surface area contributed by atoms with Crippen molar-refractivity contribution < 1.29 is 15.3 Å². The Balaban J connectivity index is -0.00000000102. The predicted molar refractivity (Wildman–Crippen MR) is 71.5 cm³/mol. The molecule has 3 heteroatoms. The third-order valence-corrected chi connectivity index (χ3v) is 0. The van der Waals surface area contributed by atoms with E-state index in [1.54, 1.807) is 0 Å². The lowest BCUT2D eigenvalue weighted by molar-refractivity contribution is 0.399. The molecule has 0 spiro atoms. The van der Waals surface area contributed by atoms with E-state index >= 15 is 0 Å². The average Bonchev–Trinajstić information content (AvgIpc) is 1.81. The normalized spacial score (nSPS) is 1.38. The predicted octanol–water partition coefficient (Wildman–Crippen LogP) is 3.28. The first-order valence-electron chi connectivity index (χ1n) is 1.34. The lowest BCUT2D eigenvalue weighted by atomic mass is 11.8. The van der Waals surface area contributed by atoms with Crippen LogP contribution in [0.5, 0.6) is 0 Å². The van der Waals surface area contributed by atoms with Crippen molar-refractivity contribution >= 4 is 0 Å². The minimum Gasteiger partial charge on any atom is -0.400 e. The zero-order valence-corrected chi connectivity index (χ0v) is 4.34. The van der Waals surface area contributed by atoms with E-state index < -0.39 is 0 Å². The SMILES string of the molecule is C.C.C.C.C.C.C.CO.CO.CO. The van der Waals surface area contributed by atoms with E-state index in [1.165, 1.54) is 0 Å². The monoisotopic (exact) mass is 208 g/mol. The molecule has 0 bridgehead atoms. The van der Waals surface area contributed by atoms with Gasteiger partial charge < -0.3 is 15.3 Å². The van der Waals surface area contributed by atoms with Gasteiger partial charge in [-0.25, -0.2) is 0 Å². The first-order chi connectivity index (χ1) is 3.00. The number of aliphatic hydroxyl groups excluding tert-OH is 3. The molecule has 13 heavy (non-hydrogen) atoms. The number of aliphatic hydroxyl groups is 3. The first-order valence-corrected chi connectivity index (χ1v) is 1.34. The van der Waals surface area contributed by atoms with E-state index in [2.05, 4.69) is 0 Å². The smallest absolute Gasteiger partial charge is 0.0319 e. The molecule has 0 aromatic heterocycles. The van der Waals surface area contributed by atoms with Crippen molar-refractivity contribution in [2.45, 2.75) is 52.0 Å². The van der Waals surface area contributed by atoms with E-state index in [4.69, 9.17) is 15.3 Å². The molecular weight excluding hydrogens is 168 g/mol. The van der Waals surface area contributed by atoms with Crippen molar-refractivity contribution in [3.05, 3.63) is 0 Å². The molecule has 0 aliphatic carbocycles. The topological polar surface area (TPSA) is 60.7 Å². The fourth-order valence-corrected chi connectivity index (χ4v) is 0. The zero-order chi connectivity index (χ0) is 6.00. The van der Waals surface area contributed by atoms with Crippen molar-refractivity contribution in [3.63, 3.8) is 0 Å². The molecule has 0 heterocycles. The second-order valence-electron chi connectivity index (χ2n) is 0. The summed E-state index contributed by atoms with van der Waals surface area (Å²) in [6.07, 6.45) is 0. The van der Waals surface area contributed by atoms with Crippen molar-refractivity contribution in [3.8, 4) is 0 Å². The second-order valence-corrected chi connectivity index (χ2v) is 0. The fraction of sp³-hybridized carbons (Fsp3) is 1.00. The van der Waals surface area contributed by atoms with E-state index in [-0.39, 0.29) is 52.0 Å². The lowest BCUT2D eigenvalue weighted by Gasteiger charge is -1.21. The number of hydrogen-bond donors (Lipinski definition) is 3. The van der Waals surface area contributed by atoms with Crippen LogP contribution in [0.4, 0.5) is 0 Å². The maximum absolute atomic E-state index is 7.00. The van der Waals surface area contributed by atoms with Gasteiger partial charge in [-0.1, -0.05) is 52.0 Å². The molecule has 0 saturated heterocycles. The lowest BCUT2D eigenvalue weighted by Crippen LogP contribution is -1.25. The summed E-state index contributed by atoms with van der Waals surface area (Å²) < 4.78 is 0. The first kappa shape index (κ1) is 219. The van der Waals surface area contributed by atoms with Gasteiger partial charge in [-0.2, -0.15) is 0 Å². The fourth-order valence-electron chi connectivity index (χ4n) is 0. The van der Waals surface area contributed by atoms with Crippen LogP contribution in [0.3, 0.4) is 0 Å². The zero-order valence-electron chi connectivity index (χ0n) is 4.34. The van der Waals surface area contributed by atoms with E-state index in [0.717, 1.165) is 21.3 Å². The van der Waals surface area contributed by atoms with Crippen LogP contribution in [0.2, 0.25) is 0 Å². The van der Waals surface area contributed by atoms with E-state index in [0.29, 0.717) is 0 Å². The molecule has 0 aromatic rings. The van der Waals surface area contributed by atoms with Crippen LogP contribution in [0.1, 0.15) is 52.0 Å². The molecule has 3 nitrogen and oxygen atoms in total. The van der Waals surface area contributed by atoms with Gasteiger partial charge in [-0.05, 0) is 0 Å². The van der Waals surface area contributed by atoms with Crippen molar-refractivity contribution in [2.24, 2.45) is 0 Å². The van der Waals surface area contributed by atoms with Crippen LogP contribution in [-0.2, 0) is 0 Å². The Morgan fingerprint density at radius 1 is 0.308 bits per heavy atom. The van der Waals surface area contributed by atoms with Crippen LogP contribution in [0.25, 0.3) is 0 Å². The molecule has 0 aliphatic rings. The quantitative estimate of drug-likeness (QED) is 0.572. The van der Waals surface area contributed by atoms with Crippen LogP contribution >= 0.6 is 0 Å². The minimum absolute atomic E-state index is 0. The highest BCUT2D eigenvalue weighted by Crippen LogP contribution is 0.759. The minimum atomic E-state index is 0. The number of rotatable bonds is 0. The summed E-state index contributed by atoms with van der Waals surface area (Å²) in [5.74, 6) is 0. The molecule has 0 fully saturated rings. The van der Waals surface area contributed by atoms with E-state index in [9.17, 15) is 0 Å². The molecule has 0 aliphatic heterocycles. The molecular formula is C10H40O3. The van der Waals surface area contributed by atoms with Crippen LogP contribution < -0.4 is 0 Å². The summed E-state index contributed by atoms with van der Waals surface area (Å²) in [6.45, 7) is 0. The van der Waals surface area contributed by atoms with Gasteiger partial charge in [-0.3, -0.25) is 0 Å². The highest BCUT2D eigenvalue weighted by molar-refractivity contribution is 3.18. The Morgan fingerprint density at radius 3 is 0.308 bits per heavy atom. The Hall–Kier alpha value is -0.120. The van der Waals surface area contributed by atoms with Crippen LogP contribution in [0, 0.1) is 0 Å². The van der Waals surface area contributed by atoms with Crippen LogP contribution in [-0.4, -0.2) is 36.6 Å². The Bertz CT molecular complexity index is 10.1. The summed E-state index contributed by atoms with van der Waals surface area (Å²) in [6, 6.07) is 0. The van der Waals surface area contributed by atoms with Gasteiger partial charge in [0.05, 0.1) is 0 Å². The van der Waals surface area contributed by atoms with Crippen molar-refractivity contribution in [1.82, 2.24) is 0 Å². The van der Waals surface area contributed by atoms with Gasteiger partial charge in [0.1, 0.15) is 0 Å². The summed E-state index contributed by atoms with van der Waals surface area (Å²) in [4.78, 5) is 0. The molecule has 0 atom stereocenters. The third kappa shape index (κ3) is 80500. The van der Waals surface area contributed by atoms with Gasteiger partial charge >= 0.3 is 0 Å². The average molecular weight is 208 g/mol. The highest BCUT2D eigenvalue weighted by Gasteiger charge is 0.843. The summed E-state index contributed by atoms with van der Waals surface area (Å²) in [7, 11) is 3.00. The molecule has 0 amide bonds. The summed E-state index contributed by atoms with van der Waals surface area (Å²) in [5, 5.41) is 21.0. The van der Waals surface area contributed by atoms with Gasteiger partial charge in [0, 0.05) is 21.3 Å². The van der Waals surface area contributed by atoms with Gasteiger partial charge in [0.25, 0.3) is 0 Å². The maximum Gasteiger partial charge on any atom is 0.0319 e. The largest absolute Gasteiger partial charge is 0.400 e. The highest BCUT2D eigenvalue weighted by atomic mass is 16.2. The molecule has 0 unspecified atom stereocenters. The maximum atomic E-state index is 7.00.